The van der Waals surface area contributed by atoms with Gasteiger partial charge in [-0.3, -0.25) is 0 Å². The maximum atomic E-state index is 3.37. The minimum Gasteiger partial charge on any atom is -0.373 e. The van der Waals surface area contributed by atoms with Crippen LogP contribution in [0.15, 0.2) is 23.1 Å². The summed E-state index contributed by atoms with van der Waals surface area (Å²) in [5, 5.41) is 3.37. The van der Waals surface area contributed by atoms with E-state index in [1.165, 1.54) is 34.7 Å². The molecule has 0 unspecified atom stereocenters. The third-order valence-electron chi connectivity index (χ3n) is 3.21. The maximum absolute atomic E-state index is 3.37. The van der Waals surface area contributed by atoms with Crippen LogP contribution in [0.1, 0.15) is 18.9 Å². The van der Waals surface area contributed by atoms with Gasteiger partial charge in [-0.15, -0.1) is 11.8 Å². The summed E-state index contributed by atoms with van der Waals surface area (Å²) in [6.07, 6.45) is 2.57. The number of aryl methyl sites for hydroxylation is 1. The summed E-state index contributed by atoms with van der Waals surface area (Å²) in [7, 11) is 2.18. The topological polar surface area (TPSA) is 15.3 Å². The maximum Gasteiger partial charge on any atom is 0.0367 e. The second-order valence-corrected chi connectivity index (χ2v) is 5.66. The first-order valence-corrected chi connectivity index (χ1v) is 7.47. The fourth-order valence-electron chi connectivity index (χ4n) is 2.14. The lowest BCUT2D eigenvalue weighted by Gasteiger charge is -2.22. The Morgan fingerprint density at radius 2 is 2.29 bits per heavy atom. The minimum atomic E-state index is 1.05. The second-order valence-electron chi connectivity index (χ2n) is 4.52. The van der Waals surface area contributed by atoms with Gasteiger partial charge in [0.2, 0.25) is 0 Å². The van der Waals surface area contributed by atoms with Crippen LogP contribution in [0, 0.1) is 0 Å². The Morgan fingerprint density at radius 1 is 1.41 bits per heavy atom. The van der Waals surface area contributed by atoms with Gasteiger partial charge in [0, 0.05) is 30.7 Å². The molecule has 0 bridgehead atoms. The van der Waals surface area contributed by atoms with Crippen LogP contribution < -0.4 is 10.2 Å². The molecule has 0 amide bonds. The van der Waals surface area contributed by atoms with Crippen molar-refractivity contribution in [2.75, 3.05) is 37.3 Å². The van der Waals surface area contributed by atoms with E-state index in [9.17, 15) is 0 Å². The number of benzene rings is 1. The van der Waals surface area contributed by atoms with Gasteiger partial charge in [-0.2, -0.15) is 0 Å². The van der Waals surface area contributed by atoms with Crippen LogP contribution in [0.2, 0.25) is 0 Å². The second kappa shape index (κ2) is 6.31. The highest BCUT2D eigenvalue weighted by atomic mass is 32.2. The predicted molar refractivity (Wildman–Crippen MR) is 77.3 cm³/mol. The van der Waals surface area contributed by atoms with Gasteiger partial charge in [-0.1, -0.05) is 6.92 Å². The van der Waals surface area contributed by atoms with Crippen molar-refractivity contribution < 1.29 is 0 Å². The van der Waals surface area contributed by atoms with Gasteiger partial charge in [-0.05, 0) is 48.9 Å². The first kappa shape index (κ1) is 12.8. The summed E-state index contributed by atoms with van der Waals surface area (Å²) in [4.78, 5) is 3.82. The molecule has 0 saturated heterocycles. The van der Waals surface area contributed by atoms with Crippen LogP contribution >= 0.6 is 11.8 Å². The lowest BCUT2D eigenvalue weighted by atomic mass is 10.1. The number of hydrogen-bond acceptors (Lipinski definition) is 3. The average Bonchev–Trinajstić information content (AvgIpc) is 2.38. The molecular formula is C14H22N2S. The van der Waals surface area contributed by atoms with Gasteiger partial charge >= 0.3 is 0 Å². The highest BCUT2D eigenvalue weighted by Crippen LogP contribution is 2.32. The summed E-state index contributed by atoms with van der Waals surface area (Å²) in [6, 6.07) is 6.91. The minimum absolute atomic E-state index is 1.05. The third kappa shape index (κ3) is 3.39. The molecule has 0 radical (unpaired) electrons. The normalized spacial score (nSPS) is 14.5. The van der Waals surface area contributed by atoms with Crippen molar-refractivity contribution in [1.82, 2.24) is 5.32 Å². The van der Waals surface area contributed by atoms with E-state index < -0.39 is 0 Å². The summed E-state index contributed by atoms with van der Waals surface area (Å²) >= 11 is 2.00. The van der Waals surface area contributed by atoms with E-state index in [-0.39, 0.29) is 0 Å². The molecule has 0 aromatic heterocycles. The van der Waals surface area contributed by atoms with E-state index in [1.807, 2.05) is 11.8 Å². The molecule has 3 heteroatoms. The molecule has 0 atom stereocenters. The first-order chi connectivity index (χ1) is 8.31. The van der Waals surface area contributed by atoms with E-state index in [0.717, 1.165) is 19.6 Å². The Labute approximate surface area is 109 Å². The molecular weight excluding hydrogens is 228 g/mol. The van der Waals surface area contributed by atoms with Gasteiger partial charge in [0.25, 0.3) is 0 Å². The van der Waals surface area contributed by atoms with E-state index in [2.05, 4.69) is 42.4 Å². The van der Waals surface area contributed by atoms with Crippen molar-refractivity contribution >= 4 is 17.4 Å². The standard InChI is InChI=1S/C14H22N2S/c1-3-15-8-9-16(2)13-6-7-14-12(11-13)5-4-10-17-14/h6-7,11,15H,3-5,8-10H2,1-2H3. The number of anilines is 1. The van der Waals surface area contributed by atoms with Crippen molar-refractivity contribution in [2.24, 2.45) is 0 Å². The van der Waals surface area contributed by atoms with Crippen molar-refractivity contribution in [3.8, 4) is 0 Å². The zero-order chi connectivity index (χ0) is 12.1. The Balaban J connectivity index is 2.00. The molecule has 2 nitrogen and oxygen atoms in total. The quantitative estimate of drug-likeness (QED) is 0.809. The number of nitrogens with zero attached hydrogens (tertiary/aromatic N) is 1. The van der Waals surface area contributed by atoms with Crippen LogP contribution in [-0.4, -0.2) is 32.4 Å². The Bertz CT molecular complexity index is 365. The highest BCUT2D eigenvalue weighted by Gasteiger charge is 2.11. The van der Waals surface area contributed by atoms with E-state index in [4.69, 9.17) is 0 Å². The Hall–Kier alpha value is -0.670. The molecule has 0 fully saturated rings. The third-order valence-corrected chi connectivity index (χ3v) is 4.41. The van der Waals surface area contributed by atoms with E-state index in [1.54, 1.807) is 0 Å². The van der Waals surface area contributed by atoms with Crippen LogP contribution in [0.4, 0.5) is 5.69 Å². The monoisotopic (exact) mass is 250 g/mol. The van der Waals surface area contributed by atoms with E-state index in [0.29, 0.717) is 0 Å². The van der Waals surface area contributed by atoms with Gasteiger partial charge in [-0.25, -0.2) is 0 Å². The molecule has 0 aliphatic carbocycles. The number of nitrogens with one attached hydrogen (secondary N) is 1. The summed E-state index contributed by atoms with van der Waals surface area (Å²) in [5.41, 5.74) is 2.89. The number of fused-ring (bicyclic) bond motifs is 1. The summed E-state index contributed by atoms with van der Waals surface area (Å²) in [5.74, 6) is 1.28. The number of thioether (sulfide) groups is 1. The lowest BCUT2D eigenvalue weighted by Crippen LogP contribution is -2.29. The van der Waals surface area contributed by atoms with Crippen molar-refractivity contribution in [2.45, 2.75) is 24.7 Å². The van der Waals surface area contributed by atoms with Crippen LogP contribution in [-0.2, 0) is 6.42 Å². The average molecular weight is 250 g/mol. The zero-order valence-electron chi connectivity index (χ0n) is 10.8. The molecule has 1 aromatic carbocycles. The predicted octanol–water partition coefficient (Wildman–Crippen LogP) is 2.77. The number of likely N-dealkylation sites (N-methyl/N-ethyl adjacent to an activating group) is 2. The number of rotatable bonds is 5. The molecule has 1 aliphatic heterocycles. The number of hydrogen-bond donors (Lipinski definition) is 1. The SMILES string of the molecule is CCNCCN(C)c1ccc2c(c1)CCCS2. The van der Waals surface area contributed by atoms with Gasteiger partial charge in [0.1, 0.15) is 0 Å². The van der Waals surface area contributed by atoms with Crippen LogP contribution in [0.5, 0.6) is 0 Å². The molecule has 1 N–H and O–H groups in total. The Kier molecular flexibility index (Phi) is 4.75. The Morgan fingerprint density at radius 3 is 3.12 bits per heavy atom. The lowest BCUT2D eigenvalue weighted by molar-refractivity contribution is 0.705. The van der Waals surface area contributed by atoms with E-state index >= 15 is 0 Å². The fourth-order valence-corrected chi connectivity index (χ4v) is 3.16. The molecule has 17 heavy (non-hydrogen) atoms. The molecule has 1 heterocycles. The first-order valence-electron chi connectivity index (χ1n) is 6.49. The fraction of sp³-hybridized carbons (Fsp3) is 0.571. The largest absolute Gasteiger partial charge is 0.373 e. The van der Waals surface area contributed by atoms with Crippen LogP contribution in [0.3, 0.4) is 0 Å². The van der Waals surface area contributed by atoms with Crippen molar-refractivity contribution in [1.29, 1.82) is 0 Å². The molecule has 1 aromatic rings. The van der Waals surface area contributed by atoms with Crippen molar-refractivity contribution in [3.63, 3.8) is 0 Å². The van der Waals surface area contributed by atoms with Gasteiger partial charge in [0.15, 0.2) is 0 Å². The van der Waals surface area contributed by atoms with Crippen molar-refractivity contribution in [3.05, 3.63) is 23.8 Å². The molecule has 0 spiro atoms. The molecule has 1 aliphatic rings. The van der Waals surface area contributed by atoms with Gasteiger partial charge in [0.05, 0.1) is 0 Å². The summed E-state index contributed by atoms with van der Waals surface area (Å²) in [6.45, 7) is 5.32. The summed E-state index contributed by atoms with van der Waals surface area (Å²) < 4.78 is 0. The molecule has 0 saturated carbocycles. The smallest absolute Gasteiger partial charge is 0.0367 e. The molecule has 2 rings (SSSR count). The highest BCUT2D eigenvalue weighted by molar-refractivity contribution is 7.99. The van der Waals surface area contributed by atoms with Gasteiger partial charge < -0.3 is 10.2 Å². The molecule has 94 valence electrons. The zero-order valence-corrected chi connectivity index (χ0v) is 11.6. The van der Waals surface area contributed by atoms with Crippen LogP contribution in [0.25, 0.3) is 0 Å².